The van der Waals surface area contributed by atoms with Crippen molar-refractivity contribution in [2.75, 3.05) is 5.32 Å². The number of aryl methyl sites for hydroxylation is 2. The summed E-state index contributed by atoms with van der Waals surface area (Å²) in [5, 5.41) is 18.3. The number of rotatable bonds is 4. The second-order valence-electron chi connectivity index (χ2n) is 5.42. The molecule has 1 aromatic carbocycles. The number of benzene rings is 1. The number of nitrogens with one attached hydrogen (secondary N) is 1. The Labute approximate surface area is 141 Å². The third kappa shape index (κ3) is 2.85. The van der Waals surface area contributed by atoms with Crippen molar-refractivity contribution < 1.29 is 9.72 Å². The maximum atomic E-state index is 12.2. The lowest BCUT2D eigenvalue weighted by Gasteiger charge is -2.03. The summed E-state index contributed by atoms with van der Waals surface area (Å²) in [6.07, 6.45) is 0. The highest BCUT2D eigenvalue weighted by atomic mass is 32.1. The maximum Gasteiger partial charge on any atom is 0.312 e. The molecule has 1 amide bonds. The number of aromatic nitrogens is 3. The molecule has 0 saturated carbocycles. The van der Waals surface area contributed by atoms with Gasteiger partial charge < -0.3 is 5.32 Å². The summed E-state index contributed by atoms with van der Waals surface area (Å²) in [4.78, 5) is 27.2. The lowest BCUT2D eigenvalue weighted by molar-refractivity contribution is -0.386. The molecule has 8 nitrogen and oxygen atoms in total. The smallest absolute Gasteiger partial charge is 0.300 e. The zero-order valence-electron chi connectivity index (χ0n) is 13.4. The highest BCUT2D eigenvalue weighted by Gasteiger charge is 2.23. The van der Waals surface area contributed by atoms with Crippen molar-refractivity contribution >= 4 is 38.3 Å². The van der Waals surface area contributed by atoms with E-state index < -0.39 is 4.92 Å². The number of nitrogens with zero attached hydrogens (tertiary/aromatic N) is 4. The van der Waals surface area contributed by atoms with Crippen LogP contribution in [0.4, 0.5) is 10.8 Å². The standard InChI is InChI=1S/C15H15N5O3S/c1-8-5-4-6-11-13(8)17-15(24-11)16-12(21)7-19-10(3)14(20(22)23)9(2)18-19/h4-6H,7H2,1-3H3,(H,16,17,21). The van der Waals surface area contributed by atoms with Crippen LogP contribution in [0.1, 0.15) is 17.0 Å². The van der Waals surface area contributed by atoms with E-state index >= 15 is 0 Å². The van der Waals surface area contributed by atoms with Crippen LogP contribution < -0.4 is 5.32 Å². The fraction of sp³-hybridized carbons (Fsp3) is 0.267. The molecule has 0 spiro atoms. The van der Waals surface area contributed by atoms with Crippen LogP contribution >= 0.6 is 11.3 Å². The quantitative estimate of drug-likeness (QED) is 0.578. The summed E-state index contributed by atoms with van der Waals surface area (Å²) < 4.78 is 2.33. The van der Waals surface area contributed by atoms with Gasteiger partial charge in [-0.1, -0.05) is 23.5 Å². The number of amides is 1. The Kier molecular flexibility index (Phi) is 4.02. The minimum absolute atomic E-state index is 0.0570. The van der Waals surface area contributed by atoms with Gasteiger partial charge in [0.15, 0.2) is 5.13 Å². The van der Waals surface area contributed by atoms with Crippen LogP contribution in [0.5, 0.6) is 0 Å². The number of anilines is 1. The Morgan fingerprint density at radius 2 is 2.12 bits per heavy atom. The zero-order chi connectivity index (χ0) is 17.4. The number of thiazole rings is 1. The average molecular weight is 345 g/mol. The van der Waals surface area contributed by atoms with Crippen LogP contribution in [0.2, 0.25) is 0 Å². The zero-order valence-corrected chi connectivity index (χ0v) is 14.2. The summed E-state index contributed by atoms with van der Waals surface area (Å²) in [5.74, 6) is -0.327. The second-order valence-corrected chi connectivity index (χ2v) is 6.45. The Morgan fingerprint density at radius 3 is 2.75 bits per heavy atom. The van der Waals surface area contributed by atoms with Crippen LogP contribution in [-0.2, 0) is 11.3 Å². The van der Waals surface area contributed by atoms with Gasteiger partial charge in [0.05, 0.1) is 15.1 Å². The number of nitro groups is 1. The molecule has 2 aromatic heterocycles. The Morgan fingerprint density at radius 1 is 1.38 bits per heavy atom. The molecule has 1 N–H and O–H groups in total. The minimum Gasteiger partial charge on any atom is -0.300 e. The highest BCUT2D eigenvalue weighted by molar-refractivity contribution is 7.22. The van der Waals surface area contributed by atoms with E-state index in [1.807, 2.05) is 25.1 Å². The number of carbonyl (C=O) groups is 1. The molecule has 9 heteroatoms. The molecule has 0 aliphatic rings. The second kappa shape index (κ2) is 6.00. The summed E-state index contributed by atoms with van der Waals surface area (Å²) in [5.41, 5.74) is 2.49. The van der Waals surface area contributed by atoms with E-state index in [1.165, 1.54) is 16.0 Å². The van der Waals surface area contributed by atoms with E-state index in [1.54, 1.807) is 13.8 Å². The predicted molar refractivity (Wildman–Crippen MR) is 91.3 cm³/mol. The predicted octanol–water partition coefficient (Wildman–Crippen LogP) is 2.96. The van der Waals surface area contributed by atoms with Crippen molar-refractivity contribution in [2.45, 2.75) is 27.3 Å². The SMILES string of the molecule is Cc1nn(CC(=O)Nc2nc3c(C)cccc3s2)c(C)c1[N+](=O)[O-]. The summed E-state index contributed by atoms with van der Waals surface area (Å²) in [6.45, 7) is 4.99. The first-order valence-corrected chi connectivity index (χ1v) is 8.03. The van der Waals surface area contributed by atoms with E-state index in [9.17, 15) is 14.9 Å². The van der Waals surface area contributed by atoms with Gasteiger partial charge in [-0.15, -0.1) is 0 Å². The number of hydrogen-bond donors (Lipinski definition) is 1. The molecule has 0 bridgehead atoms. The topological polar surface area (TPSA) is 103 Å². The fourth-order valence-corrected chi connectivity index (χ4v) is 3.50. The van der Waals surface area contributed by atoms with E-state index in [0.29, 0.717) is 16.5 Å². The molecule has 0 radical (unpaired) electrons. The molecular formula is C15H15N5O3S. The van der Waals surface area contributed by atoms with Crippen molar-refractivity contribution in [3.05, 3.63) is 45.3 Å². The van der Waals surface area contributed by atoms with Gasteiger partial charge >= 0.3 is 5.69 Å². The molecule has 124 valence electrons. The van der Waals surface area contributed by atoms with Gasteiger partial charge in [-0.05, 0) is 32.4 Å². The van der Waals surface area contributed by atoms with E-state index in [4.69, 9.17) is 0 Å². The van der Waals surface area contributed by atoms with Crippen molar-refractivity contribution in [3.8, 4) is 0 Å². The van der Waals surface area contributed by atoms with Gasteiger partial charge in [0.25, 0.3) is 0 Å². The molecule has 3 rings (SSSR count). The monoisotopic (exact) mass is 345 g/mol. The number of para-hydroxylation sites is 1. The van der Waals surface area contributed by atoms with Gasteiger partial charge in [0.1, 0.15) is 17.9 Å². The number of fused-ring (bicyclic) bond motifs is 1. The van der Waals surface area contributed by atoms with Gasteiger partial charge in [-0.3, -0.25) is 19.6 Å². The summed E-state index contributed by atoms with van der Waals surface area (Å²) in [6, 6.07) is 5.85. The Bertz CT molecular complexity index is 960. The molecular weight excluding hydrogens is 330 g/mol. The normalized spacial score (nSPS) is 11.0. The molecule has 2 heterocycles. The van der Waals surface area contributed by atoms with Crippen molar-refractivity contribution in [1.29, 1.82) is 0 Å². The van der Waals surface area contributed by atoms with Crippen LogP contribution in [0.15, 0.2) is 18.2 Å². The first-order valence-electron chi connectivity index (χ1n) is 7.21. The minimum atomic E-state index is -0.484. The summed E-state index contributed by atoms with van der Waals surface area (Å²) in [7, 11) is 0. The third-order valence-corrected chi connectivity index (χ3v) is 4.62. The van der Waals surface area contributed by atoms with Crippen molar-refractivity contribution in [3.63, 3.8) is 0 Å². The Balaban J connectivity index is 1.79. The summed E-state index contributed by atoms with van der Waals surface area (Å²) >= 11 is 1.39. The van der Waals surface area contributed by atoms with E-state index in [2.05, 4.69) is 15.4 Å². The van der Waals surface area contributed by atoms with Crippen molar-refractivity contribution in [1.82, 2.24) is 14.8 Å². The fourth-order valence-electron chi connectivity index (χ4n) is 2.54. The molecule has 24 heavy (non-hydrogen) atoms. The lowest BCUT2D eigenvalue weighted by Crippen LogP contribution is -2.20. The average Bonchev–Trinajstić information content (AvgIpc) is 3.01. The van der Waals surface area contributed by atoms with Gasteiger partial charge in [-0.25, -0.2) is 4.98 Å². The van der Waals surface area contributed by atoms with Crippen molar-refractivity contribution in [2.24, 2.45) is 0 Å². The maximum absolute atomic E-state index is 12.2. The van der Waals surface area contributed by atoms with Crippen LogP contribution in [0.3, 0.4) is 0 Å². The lowest BCUT2D eigenvalue weighted by atomic mass is 10.2. The molecule has 0 aliphatic heterocycles. The van der Waals surface area contributed by atoms with Gasteiger partial charge in [0, 0.05) is 0 Å². The molecule has 3 aromatic rings. The molecule has 0 aliphatic carbocycles. The van der Waals surface area contributed by atoms with Crippen LogP contribution in [-0.4, -0.2) is 25.6 Å². The Hall–Kier alpha value is -2.81. The molecule has 0 saturated heterocycles. The number of hydrogen-bond acceptors (Lipinski definition) is 6. The third-order valence-electron chi connectivity index (χ3n) is 3.69. The first-order chi connectivity index (χ1) is 11.4. The van der Waals surface area contributed by atoms with Crippen LogP contribution in [0, 0.1) is 30.9 Å². The van der Waals surface area contributed by atoms with Gasteiger partial charge in [-0.2, -0.15) is 5.10 Å². The largest absolute Gasteiger partial charge is 0.312 e. The van der Waals surface area contributed by atoms with E-state index in [0.717, 1.165) is 15.8 Å². The highest BCUT2D eigenvalue weighted by Crippen LogP contribution is 2.28. The molecule has 0 fully saturated rings. The molecule has 0 unspecified atom stereocenters. The van der Waals surface area contributed by atoms with E-state index in [-0.39, 0.29) is 18.1 Å². The first kappa shape index (κ1) is 16.1. The molecule has 0 atom stereocenters. The number of carbonyl (C=O) groups excluding carboxylic acids is 1. The van der Waals surface area contributed by atoms with Crippen LogP contribution in [0.25, 0.3) is 10.2 Å². The van der Waals surface area contributed by atoms with Gasteiger partial charge in [0.2, 0.25) is 5.91 Å².